The smallest absolute Gasteiger partial charge is 0.143 e. The van der Waals surface area contributed by atoms with E-state index in [1.165, 1.54) is 11.3 Å². The van der Waals surface area contributed by atoms with Gasteiger partial charge in [-0.15, -0.1) is 11.3 Å². The number of ether oxygens (including phenoxy) is 1. The third-order valence-electron chi connectivity index (χ3n) is 2.29. The van der Waals surface area contributed by atoms with Crippen LogP contribution in [0.5, 0.6) is 5.75 Å². The summed E-state index contributed by atoms with van der Waals surface area (Å²) in [6.07, 6.45) is 0. The first kappa shape index (κ1) is 14.0. The molecule has 1 heterocycles. The Morgan fingerprint density at radius 2 is 1.94 bits per heavy atom. The quantitative estimate of drug-likeness (QED) is 0.882. The van der Waals surface area contributed by atoms with Crippen LogP contribution in [0.2, 0.25) is 14.4 Å². The molecule has 2 aromatic rings. The zero-order chi connectivity index (χ0) is 13.1. The molecule has 0 atom stereocenters. The van der Waals surface area contributed by atoms with E-state index in [0.29, 0.717) is 28.9 Å². The summed E-state index contributed by atoms with van der Waals surface area (Å²) in [5.41, 5.74) is 6.43. The molecule has 96 valence electrons. The van der Waals surface area contributed by atoms with Crippen molar-refractivity contribution in [3.63, 3.8) is 0 Å². The maximum absolute atomic E-state index is 6.10. The Labute approximate surface area is 124 Å². The number of nitrogens with two attached hydrogens (primary N) is 1. The van der Waals surface area contributed by atoms with Crippen LogP contribution in [0.4, 0.5) is 0 Å². The van der Waals surface area contributed by atoms with Crippen LogP contribution in [0.15, 0.2) is 24.3 Å². The largest absolute Gasteiger partial charge is 0.486 e. The van der Waals surface area contributed by atoms with E-state index >= 15 is 0 Å². The molecule has 0 fully saturated rings. The second-order valence-corrected chi connectivity index (χ2v) is 6.22. The fraction of sp³-hybridized carbons (Fsp3) is 0.167. The highest BCUT2D eigenvalue weighted by Crippen LogP contribution is 2.33. The first-order valence-corrected chi connectivity index (χ1v) is 7.10. The minimum atomic E-state index is 0.320. The molecule has 6 heteroatoms. The summed E-state index contributed by atoms with van der Waals surface area (Å²) in [5.74, 6) is 0.577. The van der Waals surface area contributed by atoms with Crippen LogP contribution < -0.4 is 10.5 Å². The van der Waals surface area contributed by atoms with Crippen molar-refractivity contribution < 1.29 is 4.74 Å². The Balaban J connectivity index is 2.18. The monoisotopic (exact) mass is 321 g/mol. The van der Waals surface area contributed by atoms with Gasteiger partial charge in [0.25, 0.3) is 0 Å². The third kappa shape index (κ3) is 3.31. The van der Waals surface area contributed by atoms with Crippen LogP contribution in [-0.2, 0) is 13.2 Å². The van der Waals surface area contributed by atoms with Crippen molar-refractivity contribution in [1.82, 2.24) is 0 Å². The number of thiophene rings is 1. The van der Waals surface area contributed by atoms with Gasteiger partial charge in [0, 0.05) is 22.0 Å². The Hall–Kier alpha value is -0.450. The van der Waals surface area contributed by atoms with Gasteiger partial charge in [0.2, 0.25) is 0 Å². The molecule has 0 unspecified atom stereocenters. The molecule has 0 saturated carbocycles. The molecule has 0 aliphatic carbocycles. The number of hydrogen-bond donors (Lipinski definition) is 1. The molecule has 0 amide bonds. The summed E-state index contributed by atoms with van der Waals surface area (Å²) < 4.78 is 6.43. The van der Waals surface area contributed by atoms with Gasteiger partial charge < -0.3 is 10.5 Å². The van der Waals surface area contributed by atoms with E-state index in [4.69, 9.17) is 45.3 Å². The topological polar surface area (TPSA) is 35.2 Å². The first-order chi connectivity index (χ1) is 8.60. The van der Waals surface area contributed by atoms with Crippen molar-refractivity contribution in [2.24, 2.45) is 5.73 Å². The fourth-order valence-corrected chi connectivity index (χ4v) is 3.09. The molecule has 2 nitrogen and oxygen atoms in total. The van der Waals surface area contributed by atoms with E-state index in [1.807, 2.05) is 12.1 Å². The predicted octanol–water partition coefficient (Wildman–Crippen LogP) is 4.75. The molecule has 18 heavy (non-hydrogen) atoms. The molecule has 0 spiro atoms. The van der Waals surface area contributed by atoms with Crippen molar-refractivity contribution >= 4 is 46.1 Å². The lowest BCUT2D eigenvalue weighted by atomic mass is 10.2. The van der Waals surface area contributed by atoms with E-state index in [0.717, 1.165) is 14.8 Å². The zero-order valence-corrected chi connectivity index (χ0v) is 12.3. The van der Waals surface area contributed by atoms with Crippen LogP contribution in [0, 0.1) is 0 Å². The second kappa shape index (κ2) is 6.13. The summed E-state index contributed by atoms with van der Waals surface area (Å²) >= 11 is 19.3. The number of rotatable bonds is 4. The number of hydrogen-bond acceptors (Lipinski definition) is 3. The van der Waals surface area contributed by atoms with Crippen LogP contribution in [0.25, 0.3) is 0 Å². The van der Waals surface area contributed by atoms with Gasteiger partial charge in [0.05, 0.1) is 9.36 Å². The summed E-state index contributed by atoms with van der Waals surface area (Å²) in [7, 11) is 0. The Bertz CT molecular complexity index is 556. The van der Waals surface area contributed by atoms with E-state index in [1.54, 1.807) is 12.1 Å². The Morgan fingerprint density at radius 3 is 2.56 bits per heavy atom. The summed E-state index contributed by atoms with van der Waals surface area (Å²) in [4.78, 5) is 1.02. The summed E-state index contributed by atoms with van der Waals surface area (Å²) in [6, 6.07) is 7.14. The molecular weight excluding hydrogens is 313 g/mol. The van der Waals surface area contributed by atoms with Gasteiger partial charge in [0.15, 0.2) is 0 Å². The van der Waals surface area contributed by atoms with Gasteiger partial charge in [-0.3, -0.25) is 0 Å². The van der Waals surface area contributed by atoms with Crippen molar-refractivity contribution in [3.8, 4) is 5.75 Å². The fourth-order valence-electron chi connectivity index (χ4n) is 1.50. The van der Waals surface area contributed by atoms with Crippen LogP contribution in [0.1, 0.15) is 10.4 Å². The number of halogens is 3. The lowest BCUT2D eigenvalue weighted by Crippen LogP contribution is -2.02. The van der Waals surface area contributed by atoms with Crippen LogP contribution >= 0.6 is 46.1 Å². The third-order valence-corrected chi connectivity index (χ3v) is 4.00. The highest BCUT2D eigenvalue weighted by molar-refractivity contribution is 7.16. The molecule has 0 aliphatic heterocycles. The summed E-state index contributed by atoms with van der Waals surface area (Å²) in [5, 5.41) is 1.01. The van der Waals surface area contributed by atoms with E-state index in [2.05, 4.69) is 0 Å². The molecule has 0 bridgehead atoms. The maximum Gasteiger partial charge on any atom is 0.143 e. The first-order valence-electron chi connectivity index (χ1n) is 5.15. The second-order valence-electron chi connectivity index (χ2n) is 3.57. The molecule has 2 rings (SSSR count). The maximum atomic E-state index is 6.10. The van der Waals surface area contributed by atoms with E-state index < -0.39 is 0 Å². The standard InChI is InChI=1S/C12H10Cl3NOS/c13-8-3-7(5-16)12(10(14)4-8)17-6-9-1-2-11(15)18-9/h1-4H,5-6,16H2. The van der Waals surface area contributed by atoms with Crippen molar-refractivity contribution in [1.29, 1.82) is 0 Å². The molecule has 0 radical (unpaired) electrons. The highest BCUT2D eigenvalue weighted by atomic mass is 35.5. The lowest BCUT2D eigenvalue weighted by Gasteiger charge is -2.12. The average molecular weight is 323 g/mol. The average Bonchev–Trinajstić information content (AvgIpc) is 2.73. The molecular formula is C12H10Cl3NOS. The lowest BCUT2D eigenvalue weighted by molar-refractivity contribution is 0.307. The van der Waals surface area contributed by atoms with Gasteiger partial charge in [0.1, 0.15) is 12.4 Å². The van der Waals surface area contributed by atoms with Crippen LogP contribution in [-0.4, -0.2) is 0 Å². The highest BCUT2D eigenvalue weighted by Gasteiger charge is 2.10. The minimum Gasteiger partial charge on any atom is -0.486 e. The van der Waals surface area contributed by atoms with Crippen molar-refractivity contribution in [3.05, 3.63) is 49.1 Å². The predicted molar refractivity (Wildman–Crippen MR) is 78.0 cm³/mol. The SMILES string of the molecule is NCc1cc(Cl)cc(Cl)c1OCc1ccc(Cl)s1. The number of benzene rings is 1. The summed E-state index contributed by atoms with van der Waals surface area (Å²) in [6.45, 7) is 0.729. The van der Waals surface area contributed by atoms with Crippen LogP contribution in [0.3, 0.4) is 0 Å². The Morgan fingerprint density at radius 1 is 1.17 bits per heavy atom. The van der Waals surface area contributed by atoms with Gasteiger partial charge in [-0.1, -0.05) is 34.8 Å². The van der Waals surface area contributed by atoms with Gasteiger partial charge in [-0.05, 0) is 24.3 Å². The van der Waals surface area contributed by atoms with Gasteiger partial charge in [-0.25, -0.2) is 0 Å². The Kier molecular flexibility index (Phi) is 4.76. The molecule has 2 N–H and O–H groups in total. The molecule has 1 aromatic heterocycles. The normalized spacial score (nSPS) is 10.7. The molecule has 0 aliphatic rings. The zero-order valence-electron chi connectivity index (χ0n) is 9.25. The van der Waals surface area contributed by atoms with Gasteiger partial charge >= 0.3 is 0 Å². The molecule has 0 saturated heterocycles. The molecule has 1 aromatic carbocycles. The van der Waals surface area contributed by atoms with Crippen molar-refractivity contribution in [2.45, 2.75) is 13.2 Å². The van der Waals surface area contributed by atoms with Gasteiger partial charge in [-0.2, -0.15) is 0 Å². The minimum absolute atomic E-state index is 0.320. The van der Waals surface area contributed by atoms with E-state index in [-0.39, 0.29) is 0 Å². The van der Waals surface area contributed by atoms with Crippen molar-refractivity contribution in [2.75, 3.05) is 0 Å². The van der Waals surface area contributed by atoms with E-state index in [9.17, 15) is 0 Å².